The number of hydrogen-bond acceptors (Lipinski definition) is 4. The fourth-order valence-corrected chi connectivity index (χ4v) is 2.95. The summed E-state index contributed by atoms with van der Waals surface area (Å²) in [7, 11) is 4.10. The molecule has 1 heterocycles. The summed E-state index contributed by atoms with van der Waals surface area (Å²) in [6, 6.07) is 6.53. The summed E-state index contributed by atoms with van der Waals surface area (Å²) in [6.45, 7) is 6.21. The van der Waals surface area contributed by atoms with E-state index in [1.807, 2.05) is 27.9 Å². The van der Waals surface area contributed by atoms with Crippen LogP contribution in [0, 0.1) is 20.8 Å². The van der Waals surface area contributed by atoms with Crippen molar-refractivity contribution >= 4 is 11.9 Å². The molecule has 0 atom stereocenters. The summed E-state index contributed by atoms with van der Waals surface area (Å²) in [5, 5.41) is 0. The van der Waals surface area contributed by atoms with Crippen LogP contribution >= 0.6 is 11.9 Å². The summed E-state index contributed by atoms with van der Waals surface area (Å²) < 4.78 is 2.09. The fraction of sp³-hybridized carbons (Fsp3) is 0.333. The first kappa shape index (κ1) is 14.0. The highest BCUT2D eigenvalue weighted by atomic mass is 32.2. The number of rotatable bonds is 3. The Kier molecular flexibility index (Phi) is 4.22. The minimum Gasteiger partial charge on any atom is -0.253 e. The van der Waals surface area contributed by atoms with Crippen molar-refractivity contribution in [3.05, 3.63) is 41.5 Å². The van der Waals surface area contributed by atoms with E-state index in [1.165, 1.54) is 16.0 Å². The predicted molar refractivity (Wildman–Crippen MR) is 81.2 cm³/mol. The molecule has 0 spiro atoms. The molecule has 0 N–H and O–H groups in total. The topological polar surface area (TPSA) is 29.0 Å². The third-order valence-electron chi connectivity index (χ3n) is 2.98. The van der Waals surface area contributed by atoms with Gasteiger partial charge in [0.2, 0.25) is 0 Å². The standard InChI is InChI=1S/C15H19N3S/c1-10-8-13(19-18(4)5)6-7-14(10)15-11(2)16-9-17-12(15)3/h6-9H,1-5H3. The molecule has 2 aromatic rings. The van der Waals surface area contributed by atoms with Gasteiger partial charge in [0.25, 0.3) is 0 Å². The quantitative estimate of drug-likeness (QED) is 0.798. The molecule has 0 aliphatic carbocycles. The fourth-order valence-electron chi connectivity index (χ4n) is 2.17. The zero-order valence-electron chi connectivity index (χ0n) is 12.1. The minimum atomic E-state index is 1.03. The normalized spacial score (nSPS) is 11.1. The lowest BCUT2D eigenvalue weighted by Gasteiger charge is -2.14. The van der Waals surface area contributed by atoms with Crippen LogP contribution in [0.4, 0.5) is 0 Å². The van der Waals surface area contributed by atoms with E-state index >= 15 is 0 Å². The molecule has 2 rings (SSSR count). The van der Waals surface area contributed by atoms with Crippen LogP contribution < -0.4 is 0 Å². The lowest BCUT2D eigenvalue weighted by molar-refractivity contribution is 0.702. The van der Waals surface area contributed by atoms with Gasteiger partial charge in [-0.2, -0.15) is 0 Å². The van der Waals surface area contributed by atoms with Crippen LogP contribution in [-0.2, 0) is 0 Å². The first-order valence-corrected chi connectivity index (χ1v) is 7.01. The van der Waals surface area contributed by atoms with Crippen LogP contribution in [0.1, 0.15) is 17.0 Å². The Morgan fingerprint density at radius 2 is 1.63 bits per heavy atom. The number of aromatic nitrogens is 2. The van der Waals surface area contributed by atoms with Crippen molar-refractivity contribution in [1.82, 2.24) is 14.3 Å². The van der Waals surface area contributed by atoms with Gasteiger partial charge < -0.3 is 0 Å². The van der Waals surface area contributed by atoms with Gasteiger partial charge in [0, 0.05) is 21.8 Å². The summed E-state index contributed by atoms with van der Waals surface area (Å²) in [4.78, 5) is 9.86. The molecule has 0 unspecified atom stereocenters. The number of hydrogen-bond donors (Lipinski definition) is 0. The van der Waals surface area contributed by atoms with Gasteiger partial charge in [0.15, 0.2) is 0 Å². The largest absolute Gasteiger partial charge is 0.253 e. The minimum absolute atomic E-state index is 1.03. The first-order chi connectivity index (χ1) is 8.99. The molecule has 3 nitrogen and oxygen atoms in total. The third-order valence-corrected chi connectivity index (χ3v) is 3.81. The van der Waals surface area contributed by atoms with E-state index in [-0.39, 0.29) is 0 Å². The molecule has 0 saturated heterocycles. The van der Waals surface area contributed by atoms with Gasteiger partial charge in [-0.15, -0.1) is 0 Å². The lowest BCUT2D eigenvalue weighted by Crippen LogP contribution is -2.00. The highest BCUT2D eigenvalue weighted by molar-refractivity contribution is 7.97. The maximum absolute atomic E-state index is 4.30. The Bertz CT molecular complexity index is 574. The second-order valence-electron chi connectivity index (χ2n) is 4.80. The molecule has 4 heteroatoms. The van der Waals surface area contributed by atoms with Gasteiger partial charge in [0.1, 0.15) is 6.33 Å². The van der Waals surface area contributed by atoms with Crippen LogP contribution in [0.3, 0.4) is 0 Å². The average molecular weight is 273 g/mol. The molecule has 0 saturated carbocycles. The summed E-state index contributed by atoms with van der Waals surface area (Å²) in [5.74, 6) is 0. The Morgan fingerprint density at radius 3 is 2.16 bits per heavy atom. The zero-order chi connectivity index (χ0) is 14.0. The molecule has 1 aromatic heterocycles. The van der Waals surface area contributed by atoms with Crippen molar-refractivity contribution in [2.24, 2.45) is 0 Å². The Morgan fingerprint density at radius 1 is 1.00 bits per heavy atom. The number of aryl methyl sites for hydroxylation is 3. The van der Waals surface area contributed by atoms with Crippen LogP contribution in [0.5, 0.6) is 0 Å². The van der Waals surface area contributed by atoms with Gasteiger partial charge in [-0.1, -0.05) is 6.07 Å². The van der Waals surface area contributed by atoms with E-state index in [9.17, 15) is 0 Å². The molecule has 19 heavy (non-hydrogen) atoms. The highest BCUT2D eigenvalue weighted by Gasteiger charge is 2.10. The highest BCUT2D eigenvalue weighted by Crippen LogP contribution is 2.31. The van der Waals surface area contributed by atoms with E-state index in [0.29, 0.717) is 0 Å². The molecule has 0 amide bonds. The van der Waals surface area contributed by atoms with Crippen LogP contribution in [0.2, 0.25) is 0 Å². The lowest BCUT2D eigenvalue weighted by atomic mass is 9.98. The molecule has 0 bridgehead atoms. The van der Waals surface area contributed by atoms with Crippen molar-refractivity contribution < 1.29 is 0 Å². The van der Waals surface area contributed by atoms with Crippen molar-refractivity contribution in [2.45, 2.75) is 25.7 Å². The summed E-state index contributed by atoms with van der Waals surface area (Å²) in [5.41, 5.74) is 5.69. The van der Waals surface area contributed by atoms with Crippen molar-refractivity contribution in [3.8, 4) is 11.1 Å². The predicted octanol–water partition coefficient (Wildman–Crippen LogP) is 3.64. The zero-order valence-corrected chi connectivity index (χ0v) is 12.9. The Labute approximate surface area is 119 Å². The van der Waals surface area contributed by atoms with E-state index in [0.717, 1.165) is 17.0 Å². The molecule has 0 radical (unpaired) electrons. The molecule has 100 valence electrons. The molecule has 1 aromatic carbocycles. The van der Waals surface area contributed by atoms with E-state index < -0.39 is 0 Å². The second kappa shape index (κ2) is 5.72. The molecular weight excluding hydrogens is 254 g/mol. The first-order valence-electron chi connectivity index (χ1n) is 6.23. The molecule has 0 aliphatic heterocycles. The number of nitrogens with zero attached hydrogens (tertiary/aromatic N) is 3. The van der Waals surface area contributed by atoms with Gasteiger partial charge in [-0.05, 0) is 70.1 Å². The summed E-state index contributed by atoms with van der Waals surface area (Å²) in [6.07, 6.45) is 1.62. The SMILES string of the molecule is Cc1cc(SN(C)C)ccc1-c1c(C)ncnc1C. The Balaban J connectivity index is 2.47. The van der Waals surface area contributed by atoms with E-state index in [4.69, 9.17) is 0 Å². The smallest absolute Gasteiger partial charge is 0.115 e. The van der Waals surface area contributed by atoms with E-state index in [2.05, 4.69) is 39.4 Å². The molecule has 0 fully saturated rings. The van der Waals surface area contributed by atoms with Crippen LogP contribution in [0.15, 0.2) is 29.4 Å². The maximum atomic E-state index is 4.30. The van der Waals surface area contributed by atoms with Gasteiger partial charge in [-0.25, -0.2) is 9.97 Å². The van der Waals surface area contributed by atoms with Gasteiger partial charge in [0.05, 0.1) is 0 Å². The number of benzene rings is 1. The maximum Gasteiger partial charge on any atom is 0.115 e. The van der Waals surface area contributed by atoms with Gasteiger partial charge >= 0.3 is 0 Å². The molecular formula is C15H19N3S. The average Bonchev–Trinajstić information content (AvgIpc) is 2.30. The Hall–Kier alpha value is -1.39. The van der Waals surface area contributed by atoms with Crippen molar-refractivity contribution in [2.75, 3.05) is 14.1 Å². The second-order valence-corrected chi connectivity index (χ2v) is 6.18. The monoisotopic (exact) mass is 273 g/mol. The molecule has 0 aliphatic rings. The van der Waals surface area contributed by atoms with Crippen molar-refractivity contribution in [3.63, 3.8) is 0 Å². The van der Waals surface area contributed by atoms with Crippen LogP contribution in [-0.4, -0.2) is 28.4 Å². The third kappa shape index (κ3) is 3.14. The summed E-state index contributed by atoms with van der Waals surface area (Å²) >= 11 is 1.73. The van der Waals surface area contributed by atoms with Crippen LogP contribution in [0.25, 0.3) is 11.1 Å². The van der Waals surface area contributed by atoms with E-state index in [1.54, 1.807) is 18.3 Å². The van der Waals surface area contributed by atoms with Gasteiger partial charge in [-0.3, -0.25) is 4.31 Å². The van der Waals surface area contributed by atoms with Crippen molar-refractivity contribution in [1.29, 1.82) is 0 Å².